The van der Waals surface area contributed by atoms with E-state index < -0.39 is 14.1 Å². The van der Waals surface area contributed by atoms with Crippen molar-refractivity contribution in [1.82, 2.24) is 0 Å². The number of fused-ring (bicyclic) bond motifs is 1. The van der Waals surface area contributed by atoms with Crippen LogP contribution in [-0.4, -0.2) is 19.4 Å². The molecule has 1 aromatic rings. The quantitative estimate of drug-likeness (QED) is 0.472. The van der Waals surface area contributed by atoms with Gasteiger partial charge in [0.05, 0.1) is 12.7 Å². The van der Waals surface area contributed by atoms with Crippen molar-refractivity contribution in [1.29, 1.82) is 0 Å². The van der Waals surface area contributed by atoms with E-state index in [1.165, 1.54) is 5.56 Å². The predicted octanol–water partition coefficient (Wildman–Crippen LogP) is 5.79. The molecule has 0 saturated heterocycles. The van der Waals surface area contributed by atoms with E-state index in [1.54, 1.807) is 0 Å². The van der Waals surface area contributed by atoms with Gasteiger partial charge in [0.2, 0.25) is 5.79 Å². The zero-order valence-electron chi connectivity index (χ0n) is 15.3. The van der Waals surface area contributed by atoms with Gasteiger partial charge in [0.1, 0.15) is 5.75 Å². The van der Waals surface area contributed by atoms with Gasteiger partial charge in [-0.3, -0.25) is 0 Å². The van der Waals surface area contributed by atoms with Gasteiger partial charge in [-0.25, -0.2) is 0 Å². The van der Waals surface area contributed by atoms with Crippen molar-refractivity contribution in [2.75, 3.05) is 5.33 Å². The Hall–Kier alpha value is -0.363. The fourth-order valence-corrected chi connectivity index (χ4v) is 4.31. The topological polar surface area (TPSA) is 27.7 Å². The number of rotatable bonds is 4. The summed E-state index contributed by atoms with van der Waals surface area (Å²) >= 11 is 3.62. The van der Waals surface area contributed by atoms with E-state index in [0.717, 1.165) is 16.6 Å². The average Bonchev–Trinajstić information content (AvgIpc) is 2.42. The molecular weight excluding hydrogens is 372 g/mol. The van der Waals surface area contributed by atoms with E-state index in [0.29, 0.717) is 6.61 Å². The zero-order chi connectivity index (χ0) is 17.5. The largest absolute Gasteiger partial charge is 0.463 e. The zero-order valence-corrected chi connectivity index (χ0v) is 17.9. The van der Waals surface area contributed by atoms with Crippen LogP contribution in [0.4, 0.5) is 0 Å². The molecule has 3 nitrogen and oxygen atoms in total. The monoisotopic (exact) mass is 400 g/mol. The number of hydrogen-bond donors (Lipinski definition) is 0. The molecule has 0 aliphatic carbocycles. The van der Waals surface area contributed by atoms with Gasteiger partial charge in [0.15, 0.2) is 8.32 Å². The number of halogens is 1. The maximum Gasteiger partial charge on any atom is 0.205 e. The van der Waals surface area contributed by atoms with Crippen LogP contribution in [-0.2, 0) is 15.8 Å². The van der Waals surface area contributed by atoms with E-state index in [9.17, 15) is 0 Å². The van der Waals surface area contributed by atoms with Gasteiger partial charge in [0.25, 0.3) is 0 Å². The van der Waals surface area contributed by atoms with Crippen LogP contribution in [0, 0.1) is 0 Å². The minimum Gasteiger partial charge on any atom is -0.463 e. The van der Waals surface area contributed by atoms with Gasteiger partial charge < -0.3 is 13.9 Å². The molecule has 5 heteroatoms. The van der Waals surface area contributed by atoms with Crippen molar-refractivity contribution < 1.29 is 13.9 Å². The summed E-state index contributed by atoms with van der Waals surface area (Å²) in [5, 5.41) is 0.976. The molecule has 0 N–H and O–H groups in total. The molecule has 0 amide bonds. The van der Waals surface area contributed by atoms with Crippen LogP contribution in [0.2, 0.25) is 18.1 Å². The van der Waals surface area contributed by atoms with Gasteiger partial charge >= 0.3 is 0 Å². The predicted molar refractivity (Wildman–Crippen MR) is 101 cm³/mol. The Morgan fingerprint density at radius 1 is 1.30 bits per heavy atom. The lowest BCUT2D eigenvalue weighted by Gasteiger charge is -2.39. The molecule has 0 radical (unpaired) electrons. The Morgan fingerprint density at radius 2 is 1.96 bits per heavy atom. The number of alkyl halides is 1. The first-order valence-corrected chi connectivity index (χ1v) is 12.2. The Balaban J connectivity index is 2.23. The maximum absolute atomic E-state index is 6.58. The van der Waals surface area contributed by atoms with Gasteiger partial charge in [-0.1, -0.05) is 42.8 Å². The molecule has 1 aromatic carbocycles. The third-order valence-corrected chi connectivity index (χ3v) is 9.84. The molecule has 0 spiro atoms. The highest BCUT2D eigenvalue weighted by Gasteiger charge is 2.39. The molecule has 0 saturated carbocycles. The highest BCUT2D eigenvalue weighted by atomic mass is 79.9. The van der Waals surface area contributed by atoms with Crippen LogP contribution in [0.25, 0.3) is 0 Å². The standard InChI is InChI=1S/C18H29BrO3Si/c1-17(2,3)23(6,7)22-16(11-19)13-8-9-15-14(10-13)12-20-18(4,5)21-15/h8-10,16H,11-12H2,1-7H3. The second kappa shape index (κ2) is 6.51. The third kappa shape index (κ3) is 4.38. The summed E-state index contributed by atoms with van der Waals surface area (Å²) in [5.74, 6) is 0.353. The fraction of sp³-hybridized carbons (Fsp3) is 0.667. The molecule has 0 fully saturated rings. The summed E-state index contributed by atoms with van der Waals surface area (Å²) in [6, 6.07) is 6.31. The first-order chi connectivity index (χ1) is 10.5. The number of hydrogen-bond acceptors (Lipinski definition) is 3. The summed E-state index contributed by atoms with van der Waals surface area (Å²) in [6.45, 7) is 15.8. The van der Waals surface area contributed by atoms with Crippen molar-refractivity contribution >= 4 is 24.2 Å². The molecule has 1 unspecified atom stereocenters. The Labute approximate surface area is 150 Å². The minimum atomic E-state index is -1.82. The third-order valence-electron chi connectivity index (χ3n) is 4.77. The molecule has 1 aliphatic heterocycles. The molecule has 130 valence electrons. The molecule has 0 aromatic heterocycles. The van der Waals surface area contributed by atoms with Gasteiger partial charge in [-0.2, -0.15) is 0 Å². The molecule has 23 heavy (non-hydrogen) atoms. The fourth-order valence-electron chi connectivity index (χ4n) is 2.28. The molecular formula is C18H29BrO3Si. The SMILES string of the molecule is CC1(C)OCc2cc(C(CBr)O[Si](C)(C)C(C)(C)C)ccc2O1. The lowest BCUT2D eigenvalue weighted by atomic mass is 10.1. The first-order valence-electron chi connectivity index (χ1n) is 8.15. The van der Waals surface area contributed by atoms with E-state index in [-0.39, 0.29) is 11.1 Å². The molecule has 1 heterocycles. The van der Waals surface area contributed by atoms with Crippen LogP contribution in [0.3, 0.4) is 0 Å². The summed E-state index contributed by atoms with van der Waals surface area (Å²) in [6.07, 6.45) is 0.0520. The summed E-state index contributed by atoms with van der Waals surface area (Å²) in [4.78, 5) is 0. The van der Waals surface area contributed by atoms with Crippen LogP contribution in [0.15, 0.2) is 18.2 Å². The average molecular weight is 401 g/mol. The molecule has 1 aliphatic rings. The van der Waals surface area contributed by atoms with E-state index in [1.807, 2.05) is 19.9 Å². The Kier molecular flexibility index (Phi) is 5.36. The van der Waals surface area contributed by atoms with Crippen LogP contribution < -0.4 is 4.74 Å². The van der Waals surface area contributed by atoms with E-state index in [2.05, 4.69) is 61.9 Å². The smallest absolute Gasteiger partial charge is 0.205 e. The van der Waals surface area contributed by atoms with E-state index in [4.69, 9.17) is 13.9 Å². The van der Waals surface area contributed by atoms with Crippen molar-refractivity contribution in [3.63, 3.8) is 0 Å². The minimum absolute atomic E-state index is 0.0520. The maximum atomic E-state index is 6.58. The van der Waals surface area contributed by atoms with Gasteiger partial charge in [0, 0.05) is 24.7 Å². The van der Waals surface area contributed by atoms with Crippen molar-refractivity contribution in [3.05, 3.63) is 29.3 Å². The number of ether oxygens (including phenoxy) is 2. The molecule has 2 rings (SSSR count). The van der Waals surface area contributed by atoms with Gasteiger partial charge in [-0.05, 0) is 35.8 Å². The van der Waals surface area contributed by atoms with Crippen LogP contribution >= 0.6 is 15.9 Å². The molecule has 0 bridgehead atoms. The second-order valence-corrected chi connectivity index (χ2v) is 13.6. The highest BCUT2D eigenvalue weighted by Crippen LogP contribution is 2.41. The second-order valence-electron chi connectivity index (χ2n) is 8.18. The summed E-state index contributed by atoms with van der Waals surface area (Å²) < 4.78 is 18.2. The number of benzene rings is 1. The lowest BCUT2D eigenvalue weighted by molar-refractivity contribution is -0.180. The van der Waals surface area contributed by atoms with Crippen LogP contribution in [0.1, 0.15) is 51.8 Å². The molecule has 1 atom stereocenters. The lowest BCUT2D eigenvalue weighted by Crippen LogP contribution is -2.42. The Morgan fingerprint density at radius 3 is 2.52 bits per heavy atom. The van der Waals surface area contributed by atoms with Crippen LogP contribution in [0.5, 0.6) is 5.75 Å². The van der Waals surface area contributed by atoms with E-state index >= 15 is 0 Å². The van der Waals surface area contributed by atoms with Gasteiger partial charge in [-0.15, -0.1) is 0 Å². The summed E-state index contributed by atoms with van der Waals surface area (Å²) in [5.41, 5.74) is 2.27. The highest BCUT2D eigenvalue weighted by molar-refractivity contribution is 9.09. The van der Waals surface area contributed by atoms with Crippen molar-refractivity contribution in [3.8, 4) is 5.75 Å². The first kappa shape index (κ1) is 19.0. The van der Waals surface area contributed by atoms with Crippen molar-refractivity contribution in [2.24, 2.45) is 0 Å². The summed E-state index contributed by atoms with van der Waals surface area (Å²) in [7, 11) is -1.82. The normalized spacial score (nSPS) is 19.0. The van der Waals surface area contributed by atoms with Crippen molar-refractivity contribution in [2.45, 2.75) is 71.2 Å². The Bertz CT molecular complexity index is 564.